The van der Waals surface area contributed by atoms with Gasteiger partial charge in [0.25, 0.3) is 0 Å². The van der Waals surface area contributed by atoms with E-state index in [9.17, 15) is 9.50 Å². The Morgan fingerprint density at radius 1 is 0.920 bits per heavy atom. The first-order valence-electron chi connectivity index (χ1n) is 8.46. The Bertz CT molecular complexity index is 903. The molecule has 2 aromatic carbocycles. The Labute approximate surface area is 146 Å². The van der Waals surface area contributed by atoms with Gasteiger partial charge in [0.05, 0.1) is 5.52 Å². The molecule has 4 rings (SSSR count). The highest BCUT2D eigenvalue weighted by Gasteiger charge is 2.19. The maximum Gasteiger partial charge on any atom is 0.129 e. The molecule has 1 fully saturated rings. The second-order valence-corrected chi connectivity index (χ2v) is 6.45. The molecule has 0 aliphatic carbocycles. The van der Waals surface area contributed by atoms with Crippen LogP contribution in [0.4, 0.5) is 15.9 Å². The fourth-order valence-corrected chi connectivity index (χ4v) is 3.38. The second kappa shape index (κ2) is 6.24. The summed E-state index contributed by atoms with van der Waals surface area (Å²) >= 11 is 0. The van der Waals surface area contributed by atoms with Gasteiger partial charge in [-0.1, -0.05) is 0 Å². The third-order valence-corrected chi connectivity index (χ3v) is 4.78. The maximum absolute atomic E-state index is 13.1. The number of aromatic nitrogens is 1. The van der Waals surface area contributed by atoms with Crippen molar-refractivity contribution in [3.63, 3.8) is 0 Å². The number of aromatic hydroxyl groups is 1. The molecule has 0 amide bonds. The number of phenolic OH excluding ortho intramolecular Hbond substituents is 1. The number of phenols is 1. The number of anilines is 2. The number of benzene rings is 2. The van der Waals surface area contributed by atoms with Crippen LogP contribution in [0.5, 0.6) is 5.75 Å². The molecule has 0 radical (unpaired) electrons. The van der Waals surface area contributed by atoms with Crippen LogP contribution >= 0.6 is 0 Å². The number of pyridine rings is 1. The van der Waals surface area contributed by atoms with Crippen molar-refractivity contribution in [2.45, 2.75) is 6.92 Å². The summed E-state index contributed by atoms with van der Waals surface area (Å²) in [6, 6.07) is 14.1. The lowest BCUT2D eigenvalue weighted by Crippen LogP contribution is -2.46. The number of piperazine rings is 1. The lowest BCUT2D eigenvalue weighted by Gasteiger charge is -2.37. The van der Waals surface area contributed by atoms with Gasteiger partial charge in [0.1, 0.15) is 17.4 Å². The zero-order chi connectivity index (χ0) is 17.4. The van der Waals surface area contributed by atoms with Crippen LogP contribution in [0.2, 0.25) is 0 Å². The minimum atomic E-state index is -0.207. The smallest absolute Gasteiger partial charge is 0.129 e. The number of hydrogen-bond acceptors (Lipinski definition) is 4. The standard InChI is InChI=1S/C20H20FN3O/c1-14-12-20(22-19-13-17(25)6-7-18(14)19)24-10-8-23(9-11-24)16-4-2-15(21)3-5-16/h2-7,12-13,25H,8-11H2,1H3. The summed E-state index contributed by atoms with van der Waals surface area (Å²) in [4.78, 5) is 9.25. The lowest BCUT2D eigenvalue weighted by atomic mass is 10.1. The van der Waals surface area contributed by atoms with Gasteiger partial charge in [-0.3, -0.25) is 0 Å². The van der Waals surface area contributed by atoms with Gasteiger partial charge in [-0.25, -0.2) is 9.37 Å². The molecule has 1 aliphatic heterocycles. The molecule has 2 heterocycles. The molecule has 1 aromatic heterocycles. The highest BCUT2D eigenvalue weighted by atomic mass is 19.1. The molecule has 5 heteroatoms. The zero-order valence-electron chi connectivity index (χ0n) is 14.1. The third-order valence-electron chi connectivity index (χ3n) is 4.78. The number of rotatable bonds is 2. The van der Waals surface area contributed by atoms with Crippen LogP contribution in [-0.4, -0.2) is 36.3 Å². The minimum absolute atomic E-state index is 0.207. The van der Waals surface area contributed by atoms with Crippen molar-refractivity contribution in [2.24, 2.45) is 0 Å². The van der Waals surface area contributed by atoms with E-state index in [1.54, 1.807) is 12.1 Å². The van der Waals surface area contributed by atoms with Gasteiger partial charge in [-0.2, -0.15) is 0 Å². The normalized spacial score (nSPS) is 15.0. The van der Waals surface area contributed by atoms with Crippen LogP contribution in [0, 0.1) is 12.7 Å². The molecule has 1 saturated heterocycles. The van der Waals surface area contributed by atoms with Crippen molar-refractivity contribution >= 4 is 22.4 Å². The van der Waals surface area contributed by atoms with Crippen LogP contribution in [-0.2, 0) is 0 Å². The monoisotopic (exact) mass is 337 g/mol. The molecule has 0 atom stereocenters. The molecular weight excluding hydrogens is 317 g/mol. The zero-order valence-corrected chi connectivity index (χ0v) is 14.1. The minimum Gasteiger partial charge on any atom is -0.508 e. The molecule has 1 N–H and O–H groups in total. The van der Waals surface area contributed by atoms with Crippen LogP contribution in [0.15, 0.2) is 48.5 Å². The van der Waals surface area contributed by atoms with E-state index in [2.05, 4.69) is 22.8 Å². The molecular formula is C20H20FN3O. The second-order valence-electron chi connectivity index (χ2n) is 6.45. The van der Waals surface area contributed by atoms with E-state index in [4.69, 9.17) is 4.98 Å². The van der Waals surface area contributed by atoms with E-state index in [1.165, 1.54) is 12.1 Å². The maximum atomic E-state index is 13.1. The molecule has 1 aliphatic rings. The Balaban J connectivity index is 1.54. The fraction of sp³-hybridized carbons (Fsp3) is 0.250. The summed E-state index contributed by atoms with van der Waals surface area (Å²) in [6.07, 6.45) is 0. The van der Waals surface area contributed by atoms with Gasteiger partial charge in [-0.05, 0) is 55.0 Å². The number of nitrogens with zero attached hydrogens (tertiary/aromatic N) is 3. The summed E-state index contributed by atoms with van der Waals surface area (Å²) < 4.78 is 13.1. The largest absolute Gasteiger partial charge is 0.508 e. The predicted molar refractivity (Wildman–Crippen MR) is 99.0 cm³/mol. The molecule has 25 heavy (non-hydrogen) atoms. The molecule has 0 spiro atoms. The van der Waals surface area contributed by atoms with Crippen molar-refractivity contribution in [2.75, 3.05) is 36.0 Å². The Hall–Kier alpha value is -2.82. The van der Waals surface area contributed by atoms with E-state index in [1.807, 2.05) is 18.2 Å². The van der Waals surface area contributed by atoms with Crippen molar-refractivity contribution < 1.29 is 9.50 Å². The number of halogens is 1. The molecule has 3 aromatic rings. The lowest BCUT2D eigenvalue weighted by molar-refractivity contribution is 0.476. The average molecular weight is 337 g/mol. The van der Waals surface area contributed by atoms with Gasteiger partial charge in [0, 0.05) is 43.3 Å². The van der Waals surface area contributed by atoms with Crippen LogP contribution < -0.4 is 9.80 Å². The summed E-state index contributed by atoms with van der Waals surface area (Å²) in [5.41, 5.74) is 3.02. The summed E-state index contributed by atoms with van der Waals surface area (Å²) in [6.45, 7) is 5.51. The highest BCUT2D eigenvalue weighted by Crippen LogP contribution is 2.26. The topological polar surface area (TPSA) is 39.6 Å². The van der Waals surface area contributed by atoms with E-state index in [-0.39, 0.29) is 11.6 Å². The first-order chi connectivity index (χ1) is 12.1. The summed E-state index contributed by atoms with van der Waals surface area (Å²) in [7, 11) is 0. The Kier molecular flexibility index (Phi) is 3.92. The molecule has 128 valence electrons. The summed E-state index contributed by atoms with van der Waals surface area (Å²) in [5, 5.41) is 10.8. The highest BCUT2D eigenvalue weighted by molar-refractivity contribution is 5.85. The van der Waals surface area contributed by atoms with Crippen LogP contribution in [0.1, 0.15) is 5.56 Å². The molecule has 4 nitrogen and oxygen atoms in total. The Morgan fingerprint density at radius 3 is 2.32 bits per heavy atom. The fourth-order valence-electron chi connectivity index (χ4n) is 3.38. The Morgan fingerprint density at radius 2 is 1.60 bits per heavy atom. The van der Waals surface area contributed by atoms with Crippen molar-refractivity contribution in [1.82, 2.24) is 4.98 Å². The van der Waals surface area contributed by atoms with Gasteiger partial charge < -0.3 is 14.9 Å². The van der Waals surface area contributed by atoms with Crippen molar-refractivity contribution in [3.8, 4) is 5.75 Å². The van der Waals surface area contributed by atoms with Gasteiger partial charge in [0.2, 0.25) is 0 Å². The molecule has 0 saturated carbocycles. The predicted octanol–water partition coefficient (Wildman–Crippen LogP) is 3.71. The quantitative estimate of drug-likeness (QED) is 0.774. The van der Waals surface area contributed by atoms with Crippen molar-refractivity contribution in [1.29, 1.82) is 0 Å². The first kappa shape index (κ1) is 15.7. The number of aryl methyl sites for hydroxylation is 1. The summed E-state index contributed by atoms with van der Waals surface area (Å²) in [5.74, 6) is 0.966. The van der Waals surface area contributed by atoms with Gasteiger partial charge >= 0.3 is 0 Å². The van der Waals surface area contributed by atoms with E-state index in [0.29, 0.717) is 0 Å². The van der Waals surface area contributed by atoms with Crippen LogP contribution in [0.25, 0.3) is 10.9 Å². The first-order valence-corrected chi connectivity index (χ1v) is 8.46. The average Bonchev–Trinajstić information content (AvgIpc) is 2.62. The number of fused-ring (bicyclic) bond motifs is 1. The van der Waals surface area contributed by atoms with Gasteiger partial charge in [0.15, 0.2) is 0 Å². The van der Waals surface area contributed by atoms with Crippen LogP contribution in [0.3, 0.4) is 0 Å². The number of hydrogen-bond donors (Lipinski definition) is 1. The van der Waals surface area contributed by atoms with E-state index in [0.717, 1.165) is 54.2 Å². The third kappa shape index (κ3) is 3.09. The molecule has 0 bridgehead atoms. The molecule has 0 unspecified atom stereocenters. The van der Waals surface area contributed by atoms with Crippen molar-refractivity contribution in [3.05, 3.63) is 59.9 Å². The van der Waals surface area contributed by atoms with Gasteiger partial charge in [-0.15, -0.1) is 0 Å². The van der Waals surface area contributed by atoms with E-state index < -0.39 is 0 Å². The SMILES string of the molecule is Cc1cc(N2CCN(c3ccc(F)cc3)CC2)nc2cc(O)ccc12. The van der Waals surface area contributed by atoms with E-state index >= 15 is 0 Å².